The van der Waals surface area contributed by atoms with Gasteiger partial charge in [0, 0.05) is 24.2 Å². The molecule has 1 unspecified atom stereocenters. The summed E-state index contributed by atoms with van der Waals surface area (Å²) in [6.45, 7) is -0.0551. The van der Waals surface area contributed by atoms with E-state index >= 15 is 0 Å². The molecule has 0 aliphatic carbocycles. The van der Waals surface area contributed by atoms with Crippen molar-refractivity contribution in [1.29, 1.82) is 0 Å². The Labute approximate surface area is 207 Å². The van der Waals surface area contributed by atoms with E-state index < -0.39 is 22.4 Å². The fraction of sp³-hybridized carbons (Fsp3) is 0.143. The van der Waals surface area contributed by atoms with Crippen molar-refractivity contribution in [2.45, 2.75) is 21.8 Å². The Morgan fingerprint density at radius 1 is 1.39 bits per heavy atom. The first-order valence-corrected chi connectivity index (χ1v) is 13.7. The number of fused-ring (bicyclic) bond motifs is 1. The molecule has 2 aromatic heterocycles. The molecule has 0 radical (unpaired) electrons. The van der Waals surface area contributed by atoms with Crippen molar-refractivity contribution in [3.8, 4) is 11.5 Å². The first-order valence-electron chi connectivity index (χ1n) is 9.26. The average Bonchev–Trinajstić information content (AvgIpc) is 3.13. The van der Waals surface area contributed by atoms with Crippen molar-refractivity contribution < 1.29 is 23.2 Å². The van der Waals surface area contributed by atoms with Gasteiger partial charge in [-0.25, -0.2) is 19.3 Å². The molecular formula is C21H15BrFN3O4S3. The second kappa shape index (κ2) is 9.92. The van der Waals surface area contributed by atoms with E-state index in [2.05, 4.69) is 30.9 Å². The van der Waals surface area contributed by atoms with Crippen molar-refractivity contribution >= 4 is 62.1 Å². The third-order valence-electron chi connectivity index (χ3n) is 4.54. The SMILES string of the molecule is CSc1nc(S(C)=O)ncc1COc1cc(/C=C2\Sc3ncccc3C2=O)c(Br)c(F)c1O. The molecule has 0 saturated heterocycles. The fourth-order valence-corrected chi connectivity index (χ4v) is 5.37. The Morgan fingerprint density at radius 2 is 2.18 bits per heavy atom. The van der Waals surface area contributed by atoms with Gasteiger partial charge in [0.25, 0.3) is 0 Å². The molecule has 0 bridgehead atoms. The molecule has 4 rings (SSSR count). The summed E-state index contributed by atoms with van der Waals surface area (Å²) in [5.74, 6) is -1.90. The van der Waals surface area contributed by atoms with Crippen molar-refractivity contribution in [3.05, 3.63) is 62.5 Å². The number of halogens is 2. The van der Waals surface area contributed by atoms with E-state index in [0.717, 1.165) is 0 Å². The number of carbonyl (C=O) groups excluding carboxylic acids is 1. The summed E-state index contributed by atoms with van der Waals surface area (Å²) in [5.41, 5.74) is 1.39. The first-order chi connectivity index (χ1) is 15.8. The molecule has 12 heteroatoms. The molecule has 1 atom stereocenters. The lowest BCUT2D eigenvalue weighted by atomic mass is 10.1. The third kappa shape index (κ3) is 4.84. The smallest absolute Gasteiger partial charge is 0.219 e. The minimum atomic E-state index is -1.33. The number of ether oxygens (including phenoxy) is 1. The lowest BCUT2D eigenvalue weighted by Gasteiger charge is -2.13. The standard InChI is InChI=1S/C21H15BrFN3O4S3/c1-31-19-11(8-25-21(26-19)33(2)29)9-30-13-6-10(15(22)16(23)18(13)28)7-14-17(27)12-4-3-5-24-20(12)32-14/h3-8,28H,9H2,1-2H3/b14-7-. The van der Waals surface area contributed by atoms with Gasteiger partial charge in [-0.05, 0) is 52.0 Å². The number of aromatic nitrogens is 3. The van der Waals surface area contributed by atoms with E-state index in [1.807, 2.05) is 0 Å². The van der Waals surface area contributed by atoms with Gasteiger partial charge in [0.15, 0.2) is 17.3 Å². The Hall–Kier alpha value is -2.28. The first kappa shape index (κ1) is 23.9. The summed E-state index contributed by atoms with van der Waals surface area (Å²) >= 11 is 5.66. The number of pyridine rings is 1. The number of carbonyl (C=O) groups is 1. The number of phenols is 1. The molecule has 0 spiro atoms. The highest BCUT2D eigenvalue weighted by Gasteiger charge is 2.27. The highest BCUT2D eigenvalue weighted by molar-refractivity contribution is 9.10. The zero-order chi connectivity index (χ0) is 23.7. The average molecular weight is 568 g/mol. The van der Waals surface area contributed by atoms with Crippen LogP contribution in [-0.4, -0.2) is 42.6 Å². The number of rotatable bonds is 6. The zero-order valence-electron chi connectivity index (χ0n) is 17.2. The van der Waals surface area contributed by atoms with Gasteiger partial charge >= 0.3 is 0 Å². The Morgan fingerprint density at radius 3 is 2.88 bits per heavy atom. The predicted molar refractivity (Wildman–Crippen MR) is 129 cm³/mol. The number of hydrogen-bond donors (Lipinski definition) is 1. The van der Waals surface area contributed by atoms with Crippen LogP contribution in [-0.2, 0) is 17.4 Å². The van der Waals surface area contributed by atoms with Gasteiger partial charge in [-0.15, -0.1) is 11.8 Å². The monoisotopic (exact) mass is 567 g/mol. The van der Waals surface area contributed by atoms with E-state index in [1.165, 1.54) is 48.1 Å². The van der Waals surface area contributed by atoms with E-state index in [0.29, 0.717) is 31.6 Å². The molecule has 170 valence electrons. The normalized spacial score (nSPS) is 15.0. The van der Waals surface area contributed by atoms with E-state index in [9.17, 15) is 18.5 Å². The number of Topliss-reactive ketones (excluding diaryl/α,β-unsaturated/α-hetero) is 1. The molecule has 0 amide bonds. The van der Waals surface area contributed by atoms with Gasteiger partial charge in [-0.1, -0.05) is 11.8 Å². The molecular weight excluding hydrogens is 553 g/mol. The summed E-state index contributed by atoms with van der Waals surface area (Å²) in [6.07, 6.45) is 7.90. The molecule has 1 aliphatic rings. The molecule has 1 N–H and O–H groups in total. The lowest BCUT2D eigenvalue weighted by molar-refractivity contribution is 0.104. The molecule has 33 heavy (non-hydrogen) atoms. The summed E-state index contributed by atoms with van der Waals surface area (Å²) in [6, 6.07) is 4.80. The summed E-state index contributed by atoms with van der Waals surface area (Å²) in [7, 11) is -1.33. The van der Waals surface area contributed by atoms with Gasteiger partial charge in [0.2, 0.25) is 10.9 Å². The summed E-state index contributed by atoms with van der Waals surface area (Å²) < 4.78 is 32.0. The number of hydrogen-bond acceptors (Lipinski definition) is 9. The molecule has 3 heterocycles. The van der Waals surface area contributed by atoms with Crippen LogP contribution in [0.4, 0.5) is 4.39 Å². The Balaban J connectivity index is 1.64. The van der Waals surface area contributed by atoms with E-state index in [-0.39, 0.29) is 27.8 Å². The molecule has 1 aliphatic heterocycles. The Kier molecular flexibility index (Phi) is 7.17. The number of nitrogens with zero attached hydrogens (tertiary/aromatic N) is 3. The van der Waals surface area contributed by atoms with Gasteiger partial charge in [0.05, 0.1) is 25.7 Å². The molecule has 7 nitrogen and oxygen atoms in total. The highest BCUT2D eigenvalue weighted by atomic mass is 79.9. The maximum Gasteiger partial charge on any atom is 0.219 e. The largest absolute Gasteiger partial charge is 0.502 e. The number of thioether (sulfide) groups is 2. The highest BCUT2D eigenvalue weighted by Crippen LogP contribution is 2.42. The minimum Gasteiger partial charge on any atom is -0.502 e. The van der Waals surface area contributed by atoms with Crippen LogP contribution in [0.1, 0.15) is 21.5 Å². The maximum atomic E-state index is 14.7. The van der Waals surface area contributed by atoms with Crippen LogP contribution in [0.25, 0.3) is 6.08 Å². The predicted octanol–water partition coefficient (Wildman–Crippen LogP) is 4.85. The molecule has 3 aromatic rings. The van der Waals surface area contributed by atoms with Gasteiger partial charge in [-0.3, -0.25) is 9.00 Å². The molecule has 1 aromatic carbocycles. The van der Waals surface area contributed by atoms with Crippen LogP contribution >= 0.6 is 39.5 Å². The second-order valence-corrected chi connectivity index (χ2v) is 10.6. The molecule has 0 fully saturated rings. The second-order valence-electron chi connectivity index (χ2n) is 6.67. The third-order valence-corrected chi connectivity index (χ3v) is 7.84. The van der Waals surface area contributed by atoms with Crippen molar-refractivity contribution in [2.24, 2.45) is 0 Å². The van der Waals surface area contributed by atoms with Crippen LogP contribution in [0.3, 0.4) is 0 Å². The zero-order valence-corrected chi connectivity index (χ0v) is 21.2. The van der Waals surface area contributed by atoms with Crippen LogP contribution in [0.15, 0.2) is 55.2 Å². The van der Waals surface area contributed by atoms with Crippen LogP contribution in [0.5, 0.6) is 11.5 Å². The van der Waals surface area contributed by atoms with Gasteiger partial charge in [-0.2, -0.15) is 0 Å². The van der Waals surface area contributed by atoms with Gasteiger partial charge < -0.3 is 9.84 Å². The maximum absolute atomic E-state index is 14.7. The summed E-state index contributed by atoms with van der Waals surface area (Å²) in [5, 5.41) is 11.6. The number of allylic oxidation sites excluding steroid dienone is 1. The number of phenolic OH excluding ortho intramolecular Hbond substituents is 1. The van der Waals surface area contributed by atoms with Crippen molar-refractivity contribution in [2.75, 3.05) is 12.5 Å². The van der Waals surface area contributed by atoms with Gasteiger partial charge in [0.1, 0.15) is 16.7 Å². The fourth-order valence-electron chi connectivity index (χ4n) is 2.94. The van der Waals surface area contributed by atoms with Crippen molar-refractivity contribution in [3.63, 3.8) is 0 Å². The Bertz CT molecular complexity index is 1340. The topological polar surface area (TPSA) is 102 Å². The quantitative estimate of drug-likeness (QED) is 0.194. The van der Waals surface area contributed by atoms with E-state index in [1.54, 1.807) is 24.6 Å². The van der Waals surface area contributed by atoms with Crippen LogP contribution < -0.4 is 4.74 Å². The molecule has 0 saturated carbocycles. The van der Waals surface area contributed by atoms with Crippen LogP contribution in [0.2, 0.25) is 0 Å². The minimum absolute atomic E-state index is 0.0000736. The van der Waals surface area contributed by atoms with Crippen molar-refractivity contribution in [1.82, 2.24) is 15.0 Å². The van der Waals surface area contributed by atoms with Crippen LogP contribution in [0, 0.1) is 5.82 Å². The lowest BCUT2D eigenvalue weighted by Crippen LogP contribution is -2.05. The summed E-state index contributed by atoms with van der Waals surface area (Å²) in [4.78, 5) is 25.5. The number of aromatic hydroxyl groups is 1. The number of ketones is 1. The number of benzene rings is 1. The van der Waals surface area contributed by atoms with E-state index in [4.69, 9.17) is 4.74 Å².